The van der Waals surface area contributed by atoms with E-state index in [-0.39, 0.29) is 12.3 Å². The van der Waals surface area contributed by atoms with Gasteiger partial charge in [0.05, 0.1) is 25.3 Å². The standard InChI is InChI=1S/C17H21ClN4O2/c1-12-8-15(21-20-12)10-17(23)19-14-3-2-13(16(18)9-14)11-22-4-6-24-7-5-22/h2-3,8-9H,4-7,10-11H2,1H3,(H,19,23)(H,20,21). The van der Waals surface area contributed by atoms with Gasteiger partial charge in [-0.2, -0.15) is 5.10 Å². The van der Waals surface area contributed by atoms with E-state index in [1.54, 1.807) is 6.07 Å². The molecule has 0 aliphatic carbocycles. The van der Waals surface area contributed by atoms with Crippen LogP contribution < -0.4 is 5.32 Å². The van der Waals surface area contributed by atoms with Gasteiger partial charge in [-0.3, -0.25) is 14.8 Å². The number of carbonyl (C=O) groups is 1. The number of ether oxygens (including phenoxy) is 1. The zero-order valence-electron chi connectivity index (χ0n) is 13.6. The number of amides is 1. The summed E-state index contributed by atoms with van der Waals surface area (Å²) in [5, 5.41) is 10.4. The number of nitrogens with zero attached hydrogens (tertiary/aromatic N) is 2. The number of rotatable bonds is 5. The lowest BCUT2D eigenvalue weighted by Gasteiger charge is -2.27. The van der Waals surface area contributed by atoms with E-state index < -0.39 is 0 Å². The van der Waals surface area contributed by atoms with E-state index in [2.05, 4.69) is 20.4 Å². The van der Waals surface area contributed by atoms with Gasteiger partial charge < -0.3 is 10.1 Å². The topological polar surface area (TPSA) is 70.2 Å². The monoisotopic (exact) mass is 348 g/mol. The Morgan fingerprint density at radius 3 is 2.83 bits per heavy atom. The Morgan fingerprint density at radius 2 is 2.17 bits per heavy atom. The molecule has 0 atom stereocenters. The smallest absolute Gasteiger partial charge is 0.230 e. The molecule has 3 rings (SSSR count). The lowest BCUT2D eigenvalue weighted by Crippen LogP contribution is -2.35. The summed E-state index contributed by atoms with van der Waals surface area (Å²) >= 11 is 6.37. The number of benzene rings is 1. The van der Waals surface area contributed by atoms with E-state index in [9.17, 15) is 4.79 Å². The molecule has 1 amide bonds. The quantitative estimate of drug-likeness (QED) is 0.870. The average Bonchev–Trinajstić information content (AvgIpc) is 2.96. The maximum atomic E-state index is 12.1. The fourth-order valence-electron chi connectivity index (χ4n) is 2.69. The Kier molecular flexibility index (Phi) is 5.50. The Balaban J connectivity index is 1.58. The summed E-state index contributed by atoms with van der Waals surface area (Å²) in [7, 11) is 0. The molecule has 1 aromatic carbocycles. The molecule has 2 heterocycles. The summed E-state index contributed by atoms with van der Waals surface area (Å²) in [6.07, 6.45) is 0.234. The van der Waals surface area contributed by atoms with Gasteiger partial charge in [0.15, 0.2) is 0 Å². The molecule has 1 saturated heterocycles. The minimum Gasteiger partial charge on any atom is -0.379 e. The molecule has 7 heteroatoms. The highest BCUT2D eigenvalue weighted by atomic mass is 35.5. The van der Waals surface area contributed by atoms with Crippen LogP contribution >= 0.6 is 11.6 Å². The highest BCUT2D eigenvalue weighted by molar-refractivity contribution is 6.31. The zero-order valence-corrected chi connectivity index (χ0v) is 14.4. The first kappa shape index (κ1) is 17.0. The van der Waals surface area contributed by atoms with Crippen LogP contribution in [0.25, 0.3) is 0 Å². The van der Waals surface area contributed by atoms with Crippen LogP contribution in [0, 0.1) is 6.92 Å². The van der Waals surface area contributed by atoms with Crippen LogP contribution in [-0.2, 0) is 22.5 Å². The maximum Gasteiger partial charge on any atom is 0.230 e. The van der Waals surface area contributed by atoms with Gasteiger partial charge in [-0.1, -0.05) is 17.7 Å². The number of halogens is 1. The van der Waals surface area contributed by atoms with E-state index in [4.69, 9.17) is 16.3 Å². The molecule has 0 radical (unpaired) electrons. The Morgan fingerprint density at radius 1 is 1.38 bits per heavy atom. The molecular weight excluding hydrogens is 328 g/mol. The largest absolute Gasteiger partial charge is 0.379 e. The number of hydrogen-bond donors (Lipinski definition) is 2. The molecule has 24 heavy (non-hydrogen) atoms. The highest BCUT2D eigenvalue weighted by Gasteiger charge is 2.13. The first-order valence-corrected chi connectivity index (χ1v) is 8.37. The van der Waals surface area contributed by atoms with Crippen molar-refractivity contribution in [3.05, 3.63) is 46.2 Å². The second-order valence-corrected chi connectivity index (χ2v) is 6.37. The van der Waals surface area contributed by atoms with Crippen LogP contribution in [0.5, 0.6) is 0 Å². The summed E-state index contributed by atoms with van der Waals surface area (Å²) in [6, 6.07) is 7.50. The first-order valence-electron chi connectivity index (χ1n) is 7.99. The number of nitrogens with one attached hydrogen (secondary N) is 2. The highest BCUT2D eigenvalue weighted by Crippen LogP contribution is 2.23. The molecule has 1 fully saturated rings. The number of morpholine rings is 1. The molecule has 0 spiro atoms. The van der Waals surface area contributed by atoms with E-state index in [1.807, 2.05) is 25.1 Å². The maximum absolute atomic E-state index is 12.1. The van der Waals surface area contributed by atoms with Gasteiger partial charge in [-0.15, -0.1) is 0 Å². The second kappa shape index (κ2) is 7.79. The van der Waals surface area contributed by atoms with Gasteiger partial charge >= 0.3 is 0 Å². The molecule has 1 aromatic heterocycles. The van der Waals surface area contributed by atoms with Crippen LogP contribution in [-0.4, -0.2) is 47.3 Å². The minimum absolute atomic E-state index is 0.113. The van der Waals surface area contributed by atoms with Crippen LogP contribution in [0.1, 0.15) is 17.0 Å². The molecule has 0 saturated carbocycles. The van der Waals surface area contributed by atoms with Crippen LogP contribution in [0.15, 0.2) is 24.3 Å². The molecular formula is C17H21ClN4O2. The molecule has 128 valence electrons. The van der Waals surface area contributed by atoms with Gasteiger partial charge in [0.25, 0.3) is 0 Å². The minimum atomic E-state index is -0.113. The predicted molar refractivity (Wildman–Crippen MR) is 93.2 cm³/mol. The van der Waals surface area contributed by atoms with Gasteiger partial charge in [-0.05, 0) is 30.7 Å². The van der Waals surface area contributed by atoms with E-state index in [1.165, 1.54) is 0 Å². The molecule has 6 nitrogen and oxygen atoms in total. The first-order chi connectivity index (χ1) is 11.6. The van der Waals surface area contributed by atoms with Crippen molar-refractivity contribution in [1.82, 2.24) is 15.1 Å². The van der Waals surface area contributed by atoms with E-state index in [0.29, 0.717) is 10.7 Å². The van der Waals surface area contributed by atoms with Gasteiger partial charge in [0.2, 0.25) is 5.91 Å². The fourth-order valence-corrected chi connectivity index (χ4v) is 2.93. The third kappa shape index (κ3) is 4.56. The number of anilines is 1. The van der Waals surface area contributed by atoms with Gasteiger partial charge in [0, 0.05) is 36.0 Å². The predicted octanol–water partition coefficient (Wildman–Crippen LogP) is 2.38. The van der Waals surface area contributed by atoms with Crippen molar-refractivity contribution >= 4 is 23.2 Å². The van der Waals surface area contributed by atoms with Crippen molar-refractivity contribution in [2.24, 2.45) is 0 Å². The van der Waals surface area contributed by atoms with Crippen molar-refractivity contribution in [2.45, 2.75) is 19.9 Å². The summed E-state index contributed by atoms with van der Waals surface area (Å²) < 4.78 is 5.35. The molecule has 1 aliphatic heterocycles. The van der Waals surface area contributed by atoms with Crippen molar-refractivity contribution in [1.29, 1.82) is 0 Å². The van der Waals surface area contributed by atoms with Crippen LogP contribution in [0.2, 0.25) is 5.02 Å². The van der Waals surface area contributed by atoms with E-state index >= 15 is 0 Å². The molecule has 0 unspecified atom stereocenters. The van der Waals surface area contributed by atoms with Crippen molar-refractivity contribution in [3.63, 3.8) is 0 Å². The lowest BCUT2D eigenvalue weighted by atomic mass is 10.1. The van der Waals surface area contributed by atoms with Crippen molar-refractivity contribution < 1.29 is 9.53 Å². The Bertz CT molecular complexity index is 710. The summed E-state index contributed by atoms with van der Waals surface area (Å²) in [6.45, 7) is 6.05. The normalized spacial score (nSPS) is 15.4. The number of H-pyrrole nitrogens is 1. The number of aryl methyl sites for hydroxylation is 1. The SMILES string of the molecule is Cc1cc(CC(=O)Nc2ccc(CN3CCOCC3)c(Cl)c2)n[nH]1. The van der Waals surface area contributed by atoms with Crippen molar-refractivity contribution in [2.75, 3.05) is 31.6 Å². The number of aromatic amines is 1. The number of carbonyl (C=O) groups excluding carboxylic acids is 1. The molecule has 2 N–H and O–H groups in total. The Labute approximate surface area is 146 Å². The van der Waals surface area contributed by atoms with Crippen molar-refractivity contribution in [3.8, 4) is 0 Å². The second-order valence-electron chi connectivity index (χ2n) is 5.96. The van der Waals surface area contributed by atoms with Gasteiger partial charge in [0.1, 0.15) is 0 Å². The Hall–Kier alpha value is -1.89. The summed E-state index contributed by atoms with van der Waals surface area (Å²) in [4.78, 5) is 14.4. The number of aromatic nitrogens is 2. The van der Waals surface area contributed by atoms with E-state index in [0.717, 1.165) is 49.8 Å². The molecule has 2 aromatic rings. The summed E-state index contributed by atoms with van der Waals surface area (Å²) in [5.74, 6) is -0.113. The third-order valence-corrected chi connectivity index (χ3v) is 4.29. The average molecular weight is 349 g/mol. The molecule has 1 aliphatic rings. The van der Waals surface area contributed by atoms with Crippen LogP contribution in [0.4, 0.5) is 5.69 Å². The fraction of sp³-hybridized carbons (Fsp3) is 0.412. The summed E-state index contributed by atoms with van der Waals surface area (Å²) in [5.41, 5.74) is 3.41. The third-order valence-electron chi connectivity index (χ3n) is 3.94. The number of hydrogen-bond acceptors (Lipinski definition) is 4. The zero-order chi connectivity index (χ0) is 16.9. The molecule has 0 bridgehead atoms. The van der Waals surface area contributed by atoms with Crippen LogP contribution in [0.3, 0.4) is 0 Å². The van der Waals surface area contributed by atoms with Gasteiger partial charge in [-0.25, -0.2) is 0 Å². The lowest BCUT2D eigenvalue weighted by molar-refractivity contribution is -0.115.